The summed E-state index contributed by atoms with van der Waals surface area (Å²) in [6, 6.07) is 5.60. The Balaban J connectivity index is 2.57. The van der Waals surface area contributed by atoms with Crippen molar-refractivity contribution in [3.8, 4) is 5.75 Å². The van der Waals surface area contributed by atoms with Gasteiger partial charge >= 0.3 is 0 Å². The maximum atomic E-state index is 9.79. The fraction of sp³-hybridized carbons (Fsp3) is 0.462. The van der Waals surface area contributed by atoms with E-state index in [2.05, 4.69) is 6.92 Å². The molecule has 0 heterocycles. The predicted molar refractivity (Wildman–Crippen MR) is 63.8 cm³/mol. The van der Waals surface area contributed by atoms with Crippen molar-refractivity contribution in [3.05, 3.63) is 29.3 Å². The first-order valence-corrected chi connectivity index (χ1v) is 5.61. The molecule has 2 nitrogen and oxygen atoms in total. The monoisotopic (exact) mass is 205 g/mol. The van der Waals surface area contributed by atoms with Gasteiger partial charge in [0.25, 0.3) is 0 Å². The van der Waals surface area contributed by atoms with Gasteiger partial charge in [-0.15, -0.1) is 0 Å². The number of hydrogen-bond donors (Lipinski definition) is 2. The van der Waals surface area contributed by atoms with Crippen molar-refractivity contribution in [1.82, 2.24) is 0 Å². The highest BCUT2D eigenvalue weighted by molar-refractivity contribution is 5.81. The fourth-order valence-corrected chi connectivity index (χ4v) is 1.67. The molecule has 82 valence electrons. The van der Waals surface area contributed by atoms with Crippen molar-refractivity contribution in [2.75, 3.05) is 0 Å². The molecule has 0 amide bonds. The zero-order valence-corrected chi connectivity index (χ0v) is 9.29. The first-order valence-electron chi connectivity index (χ1n) is 5.61. The molecule has 0 radical (unpaired) electrons. The van der Waals surface area contributed by atoms with Gasteiger partial charge in [-0.25, -0.2) is 0 Å². The van der Waals surface area contributed by atoms with E-state index in [0.29, 0.717) is 5.56 Å². The number of rotatable bonds is 6. The van der Waals surface area contributed by atoms with Crippen molar-refractivity contribution in [2.24, 2.45) is 0 Å². The van der Waals surface area contributed by atoms with E-state index in [-0.39, 0.29) is 5.75 Å². The molecule has 0 aliphatic rings. The zero-order chi connectivity index (χ0) is 11.1. The fourth-order valence-electron chi connectivity index (χ4n) is 1.67. The van der Waals surface area contributed by atoms with Crippen LogP contribution in [0.3, 0.4) is 0 Å². The van der Waals surface area contributed by atoms with Gasteiger partial charge in [-0.2, -0.15) is 0 Å². The Hall–Kier alpha value is -1.31. The molecule has 0 aliphatic carbocycles. The van der Waals surface area contributed by atoms with Crippen LogP contribution in [0.1, 0.15) is 43.7 Å². The Labute approximate surface area is 91.5 Å². The van der Waals surface area contributed by atoms with Crippen LogP contribution in [0.25, 0.3) is 0 Å². The van der Waals surface area contributed by atoms with Crippen LogP contribution in [0.2, 0.25) is 0 Å². The highest BCUT2D eigenvalue weighted by atomic mass is 16.3. The van der Waals surface area contributed by atoms with E-state index in [0.717, 1.165) is 18.4 Å². The zero-order valence-electron chi connectivity index (χ0n) is 9.29. The van der Waals surface area contributed by atoms with E-state index in [1.807, 2.05) is 12.1 Å². The molecule has 1 rings (SSSR count). The second-order valence-electron chi connectivity index (χ2n) is 3.81. The number of phenols is 1. The van der Waals surface area contributed by atoms with Crippen LogP contribution in [-0.4, -0.2) is 11.3 Å². The molecule has 0 aliphatic heterocycles. The summed E-state index contributed by atoms with van der Waals surface area (Å²) in [5, 5.41) is 16.9. The number of benzene rings is 1. The van der Waals surface area contributed by atoms with Crippen molar-refractivity contribution in [2.45, 2.75) is 39.0 Å². The number of unbranched alkanes of at least 4 members (excludes halogenated alkanes) is 3. The first kappa shape index (κ1) is 11.8. The highest BCUT2D eigenvalue weighted by Crippen LogP contribution is 2.22. The van der Waals surface area contributed by atoms with Gasteiger partial charge in [0.05, 0.1) is 0 Å². The summed E-state index contributed by atoms with van der Waals surface area (Å²) in [6.45, 7) is 2.19. The Kier molecular flexibility index (Phi) is 4.88. The van der Waals surface area contributed by atoms with E-state index in [1.54, 1.807) is 6.07 Å². The van der Waals surface area contributed by atoms with Crippen LogP contribution in [-0.2, 0) is 6.42 Å². The van der Waals surface area contributed by atoms with Crippen molar-refractivity contribution >= 4 is 6.21 Å². The van der Waals surface area contributed by atoms with Gasteiger partial charge in [0.1, 0.15) is 5.75 Å². The molecule has 0 unspecified atom stereocenters. The maximum Gasteiger partial charge on any atom is 0.127 e. The molecule has 2 N–H and O–H groups in total. The third kappa shape index (κ3) is 3.39. The number of nitrogens with one attached hydrogen (secondary N) is 1. The minimum Gasteiger partial charge on any atom is -0.507 e. The number of aryl methyl sites for hydroxylation is 1. The predicted octanol–water partition coefficient (Wildman–Crippen LogP) is 3.51. The van der Waals surface area contributed by atoms with Gasteiger partial charge in [-0.05, 0) is 24.5 Å². The number of hydrogen-bond acceptors (Lipinski definition) is 2. The largest absolute Gasteiger partial charge is 0.507 e. The average Bonchev–Trinajstić information content (AvgIpc) is 2.26. The topological polar surface area (TPSA) is 44.1 Å². The van der Waals surface area contributed by atoms with Gasteiger partial charge in [0.15, 0.2) is 0 Å². The number of phenolic OH excluding ortho intramolecular Hbond substituents is 1. The van der Waals surface area contributed by atoms with Crippen LogP contribution in [0, 0.1) is 5.41 Å². The molecule has 1 aromatic rings. The lowest BCUT2D eigenvalue weighted by Crippen LogP contribution is -1.90. The lowest BCUT2D eigenvalue weighted by atomic mass is 10.0. The number of para-hydroxylation sites is 1. The molecule has 0 saturated carbocycles. The van der Waals surface area contributed by atoms with Crippen molar-refractivity contribution < 1.29 is 5.11 Å². The second kappa shape index (κ2) is 6.23. The lowest BCUT2D eigenvalue weighted by molar-refractivity contribution is 0.465. The SMILES string of the molecule is CCCCCCc1cccc(C=N)c1O. The van der Waals surface area contributed by atoms with Crippen LogP contribution in [0.5, 0.6) is 5.75 Å². The summed E-state index contributed by atoms with van der Waals surface area (Å²) in [5.74, 6) is 0.281. The second-order valence-corrected chi connectivity index (χ2v) is 3.81. The third-order valence-electron chi connectivity index (χ3n) is 2.61. The van der Waals surface area contributed by atoms with Crippen molar-refractivity contribution in [1.29, 1.82) is 5.41 Å². The quantitative estimate of drug-likeness (QED) is 0.541. The summed E-state index contributed by atoms with van der Waals surface area (Å²) in [7, 11) is 0. The Morgan fingerprint density at radius 1 is 1.27 bits per heavy atom. The Bertz CT molecular complexity index is 320. The van der Waals surface area contributed by atoms with Gasteiger partial charge in [0, 0.05) is 11.8 Å². The Morgan fingerprint density at radius 2 is 2.07 bits per heavy atom. The van der Waals surface area contributed by atoms with Crippen LogP contribution in [0.15, 0.2) is 18.2 Å². The standard InChI is InChI=1S/C13H19NO/c1-2-3-4-5-7-11-8-6-9-12(10-14)13(11)15/h6,8-10,14-15H,2-5,7H2,1H3. The normalized spacial score (nSPS) is 10.2. The third-order valence-corrected chi connectivity index (χ3v) is 2.61. The molecule has 15 heavy (non-hydrogen) atoms. The number of aromatic hydroxyl groups is 1. The molecule has 2 heteroatoms. The molecule has 1 aromatic carbocycles. The summed E-state index contributed by atoms with van der Waals surface area (Å²) in [6.07, 6.45) is 6.92. The van der Waals surface area contributed by atoms with E-state index in [4.69, 9.17) is 5.41 Å². The molecule has 0 saturated heterocycles. The van der Waals surface area contributed by atoms with Gasteiger partial charge in [0.2, 0.25) is 0 Å². The lowest BCUT2D eigenvalue weighted by Gasteiger charge is -2.06. The summed E-state index contributed by atoms with van der Waals surface area (Å²) < 4.78 is 0. The van der Waals surface area contributed by atoms with Gasteiger partial charge in [-0.3, -0.25) is 0 Å². The summed E-state index contributed by atoms with van der Waals surface area (Å²) >= 11 is 0. The van der Waals surface area contributed by atoms with Gasteiger partial charge < -0.3 is 10.5 Å². The summed E-state index contributed by atoms with van der Waals surface area (Å²) in [5.41, 5.74) is 1.58. The van der Waals surface area contributed by atoms with Crippen LogP contribution < -0.4 is 0 Å². The molecule has 0 spiro atoms. The molecule has 0 bridgehead atoms. The maximum absolute atomic E-state index is 9.79. The first-order chi connectivity index (χ1) is 7.29. The summed E-state index contributed by atoms with van der Waals surface area (Å²) in [4.78, 5) is 0. The molecule has 0 aromatic heterocycles. The molecular weight excluding hydrogens is 186 g/mol. The highest BCUT2D eigenvalue weighted by Gasteiger charge is 2.04. The van der Waals surface area contributed by atoms with Crippen molar-refractivity contribution in [3.63, 3.8) is 0 Å². The van der Waals surface area contributed by atoms with Crippen LogP contribution in [0.4, 0.5) is 0 Å². The minimum atomic E-state index is 0.281. The minimum absolute atomic E-state index is 0.281. The van der Waals surface area contributed by atoms with Crippen LogP contribution >= 0.6 is 0 Å². The van der Waals surface area contributed by atoms with E-state index in [9.17, 15) is 5.11 Å². The molecule has 0 fully saturated rings. The molecular formula is C13H19NO. The van der Waals surface area contributed by atoms with E-state index in [1.165, 1.54) is 25.5 Å². The average molecular weight is 205 g/mol. The van der Waals surface area contributed by atoms with Gasteiger partial charge in [-0.1, -0.05) is 38.3 Å². The smallest absolute Gasteiger partial charge is 0.127 e. The van der Waals surface area contributed by atoms with E-state index >= 15 is 0 Å². The van der Waals surface area contributed by atoms with E-state index < -0.39 is 0 Å². The Morgan fingerprint density at radius 3 is 2.73 bits per heavy atom. The molecule has 0 atom stereocenters.